The average Bonchev–Trinajstić information content (AvgIpc) is 2.82. The largest absolute Gasteiger partial charge is 0.303 e. The van der Waals surface area contributed by atoms with Gasteiger partial charge < -0.3 is 4.40 Å². The standard InChI is InChI=1S/C14H16N2O/c17-10-11-6-7-16-13(8-11)9-15-14(16)12-4-2-1-3-5-12/h6-10,12H,1-5H2. The number of carbonyl (C=O) groups excluding carboxylic acids is 1. The molecular weight excluding hydrogens is 212 g/mol. The summed E-state index contributed by atoms with van der Waals surface area (Å²) in [5.74, 6) is 1.76. The van der Waals surface area contributed by atoms with Crippen LogP contribution in [0.1, 0.15) is 54.2 Å². The minimum Gasteiger partial charge on any atom is -0.303 e. The first-order valence-electron chi connectivity index (χ1n) is 6.30. The zero-order valence-electron chi connectivity index (χ0n) is 9.80. The van der Waals surface area contributed by atoms with Crippen LogP contribution in [0.15, 0.2) is 24.5 Å². The fourth-order valence-corrected chi connectivity index (χ4v) is 2.77. The summed E-state index contributed by atoms with van der Waals surface area (Å²) in [5, 5.41) is 0. The molecule has 2 aromatic heterocycles. The van der Waals surface area contributed by atoms with E-state index < -0.39 is 0 Å². The lowest BCUT2D eigenvalue weighted by atomic mass is 9.89. The Morgan fingerprint density at radius 3 is 2.88 bits per heavy atom. The molecule has 0 spiro atoms. The molecule has 2 aromatic rings. The Morgan fingerprint density at radius 1 is 1.29 bits per heavy atom. The van der Waals surface area contributed by atoms with Gasteiger partial charge in [-0.25, -0.2) is 4.98 Å². The van der Waals surface area contributed by atoms with Crippen molar-refractivity contribution in [2.75, 3.05) is 0 Å². The van der Waals surface area contributed by atoms with Crippen LogP contribution in [0.5, 0.6) is 0 Å². The molecule has 0 N–H and O–H groups in total. The zero-order valence-corrected chi connectivity index (χ0v) is 9.80. The molecule has 17 heavy (non-hydrogen) atoms. The molecule has 1 aliphatic carbocycles. The summed E-state index contributed by atoms with van der Waals surface area (Å²) in [7, 11) is 0. The summed E-state index contributed by atoms with van der Waals surface area (Å²) in [4.78, 5) is 15.3. The van der Waals surface area contributed by atoms with Crippen molar-refractivity contribution in [2.45, 2.75) is 38.0 Å². The Labute approximate surface area is 100 Å². The highest BCUT2D eigenvalue weighted by atomic mass is 16.1. The van der Waals surface area contributed by atoms with Gasteiger partial charge in [0.25, 0.3) is 0 Å². The molecule has 2 heterocycles. The van der Waals surface area contributed by atoms with Crippen LogP contribution in [-0.2, 0) is 0 Å². The normalized spacial score (nSPS) is 17.4. The fourth-order valence-electron chi connectivity index (χ4n) is 2.77. The Bertz CT molecular complexity index is 538. The summed E-state index contributed by atoms with van der Waals surface area (Å²) in [5.41, 5.74) is 1.74. The van der Waals surface area contributed by atoms with E-state index in [2.05, 4.69) is 9.38 Å². The van der Waals surface area contributed by atoms with Gasteiger partial charge in [0, 0.05) is 17.7 Å². The number of aromatic nitrogens is 2. The summed E-state index contributed by atoms with van der Waals surface area (Å²) in [6, 6.07) is 3.75. The molecule has 1 fully saturated rings. The highest BCUT2D eigenvalue weighted by Gasteiger charge is 2.19. The third-order valence-corrected chi connectivity index (χ3v) is 3.69. The number of fused-ring (bicyclic) bond motifs is 1. The predicted molar refractivity (Wildman–Crippen MR) is 66.4 cm³/mol. The van der Waals surface area contributed by atoms with Crippen molar-refractivity contribution in [2.24, 2.45) is 0 Å². The zero-order chi connectivity index (χ0) is 11.7. The van der Waals surface area contributed by atoms with E-state index in [0.717, 1.165) is 17.6 Å². The highest BCUT2D eigenvalue weighted by molar-refractivity contribution is 5.77. The molecule has 3 heteroatoms. The molecule has 88 valence electrons. The van der Waals surface area contributed by atoms with Crippen LogP contribution >= 0.6 is 0 Å². The van der Waals surface area contributed by atoms with Crippen molar-refractivity contribution in [3.05, 3.63) is 35.9 Å². The predicted octanol–water partition coefficient (Wildman–Crippen LogP) is 3.19. The van der Waals surface area contributed by atoms with Crippen molar-refractivity contribution >= 4 is 11.8 Å². The van der Waals surface area contributed by atoms with Gasteiger partial charge in [-0.1, -0.05) is 19.3 Å². The van der Waals surface area contributed by atoms with E-state index >= 15 is 0 Å². The van der Waals surface area contributed by atoms with Gasteiger partial charge >= 0.3 is 0 Å². The number of pyridine rings is 1. The Hall–Kier alpha value is -1.64. The lowest BCUT2D eigenvalue weighted by Crippen LogP contribution is -2.08. The lowest BCUT2D eigenvalue weighted by Gasteiger charge is -2.20. The minimum atomic E-state index is 0.591. The number of imidazole rings is 1. The molecule has 3 nitrogen and oxygen atoms in total. The van der Waals surface area contributed by atoms with Crippen molar-refractivity contribution in [1.29, 1.82) is 0 Å². The van der Waals surface area contributed by atoms with E-state index in [1.54, 1.807) is 0 Å². The number of hydrogen-bond acceptors (Lipinski definition) is 2. The quantitative estimate of drug-likeness (QED) is 0.740. The van der Waals surface area contributed by atoms with Crippen LogP contribution < -0.4 is 0 Å². The molecule has 0 unspecified atom stereocenters. The smallest absolute Gasteiger partial charge is 0.150 e. The van der Waals surface area contributed by atoms with Crippen LogP contribution in [0.2, 0.25) is 0 Å². The van der Waals surface area contributed by atoms with Gasteiger partial charge in [-0.05, 0) is 25.0 Å². The molecule has 0 aliphatic heterocycles. The SMILES string of the molecule is O=Cc1ccn2c(C3CCCCC3)ncc2c1. The number of nitrogens with zero attached hydrogens (tertiary/aromatic N) is 2. The molecule has 3 rings (SSSR count). The van der Waals surface area contributed by atoms with Crippen molar-refractivity contribution < 1.29 is 4.79 Å². The van der Waals surface area contributed by atoms with Gasteiger partial charge in [0.1, 0.15) is 12.1 Å². The van der Waals surface area contributed by atoms with Crippen LogP contribution in [0, 0.1) is 0 Å². The molecule has 0 saturated heterocycles. The first-order chi connectivity index (χ1) is 8.38. The average molecular weight is 228 g/mol. The Morgan fingerprint density at radius 2 is 2.12 bits per heavy atom. The van der Waals surface area contributed by atoms with Crippen molar-refractivity contribution in [1.82, 2.24) is 9.38 Å². The summed E-state index contributed by atoms with van der Waals surface area (Å²) < 4.78 is 2.13. The molecule has 0 radical (unpaired) electrons. The van der Waals surface area contributed by atoms with E-state index in [9.17, 15) is 4.79 Å². The van der Waals surface area contributed by atoms with Gasteiger partial charge in [0.2, 0.25) is 0 Å². The maximum Gasteiger partial charge on any atom is 0.150 e. The molecule has 1 aliphatic rings. The number of aldehydes is 1. The first kappa shape index (κ1) is 10.5. The van der Waals surface area contributed by atoms with Gasteiger partial charge in [-0.3, -0.25) is 4.79 Å². The first-order valence-corrected chi connectivity index (χ1v) is 6.30. The van der Waals surface area contributed by atoms with E-state index in [4.69, 9.17) is 0 Å². The number of rotatable bonds is 2. The Kier molecular flexibility index (Phi) is 2.67. The van der Waals surface area contributed by atoms with Crippen molar-refractivity contribution in [3.63, 3.8) is 0 Å². The van der Waals surface area contributed by atoms with Crippen LogP contribution in [0.25, 0.3) is 5.52 Å². The van der Waals surface area contributed by atoms with Gasteiger partial charge in [-0.2, -0.15) is 0 Å². The second-order valence-electron chi connectivity index (χ2n) is 4.82. The highest BCUT2D eigenvalue weighted by Crippen LogP contribution is 2.32. The van der Waals surface area contributed by atoms with E-state index in [1.165, 1.54) is 32.1 Å². The van der Waals surface area contributed by atoms with Crippen LogP contribution in [-0.4, -0.2) is 15.7 Å². The van der Waals surface area contributed by atoms with E-state index in [0.29, 0.717) is 11.5 Å². The maximum atomic E-state index is 10.7. The molecule has 0 amide bonds. The molecule has 0 atom stereocenters. The molecule has 0 bridgehead atoms. The molecule has 0 aromatic carbocycles. The van der Waals surface area contributed by atoms with Gasteiger partial charge in [-0.15, -0.1) is 0 Å². The minimum absolute atomic E-state index is 0.591. The van der Waals surface area contributed by atoms with Crippen molar-refractivity contribution in [3.8, 4) is 0 Å². The summed E-state index contributed by atoms with van der Waals surface area (Å²) >= 11 is 0. The summed E-state index contributed by atoms with van der Waals surface area (Å²) in [6.07, 6.45) is 11.2. The molecular formula is C14H16N2O. The number of carbonyl (C=O) groups is 1. The number of hydrogen-bond donors (Lipinski definition) is 0. The van der Waals surface area contributed by atoms with Crippen LogP contribution in [0.3, 0.4) is 0 Å². The van der Waals surface area contributed by atoms with E-state index in [-0.39, 0.29) is 0 Å². The fraction of sp³-hybridized carbons (Fsp3) is 0.429. The van der Waals surface area contributed by atoms with Gasteiger partial charge in [0.05, 0.1) is 11.7 Å². The lowest BCUT2D eigenvalue weighted by molar-refractivity contribution is 0.112. The van der Waals surface area contributed by atoms with Gasteiger partial charge in [0.15, 0.2) is 0 Å². The Balaban J connectivity index is 2.02. The second-order valence-corrected chi connectivity index (χ2v) is 4.82. The van der Waals surface area contributed by atoms with Crippen LogP contribution in [0.4, 0.5) is 0 Å². The summed E-state index contributed by atoms with van der Waals surface area (Å²) in [6.45, 7) is 0. The molecule has 1 saturated carbocycles. The third-order valence-electron chi connectivity index (χ3n) is 3.69. The monoisotopic (exact) mass is 228 g/mol. The third kappa shape index (κ3) is 1.86. The van der Waals surface area contributed by atoms with E-state index in [1.807, 2.05) is 24.5 Å². The maximum absolute atomic E-state index is 10.7. The topological polar surface area (TPSA) is 34.4 Å². The second kappa shape index (κ2) is 4.32.